The summed E-state index contributed by atoms with van der Waals surface area (Å²) in [6, 6.07) is 10.8. The first-order chi connectivity index (χ1) is 20.9. The van der Waals surface area contributed by atoms with Crippen molar-refractivity contribution in [3.63, 3.8) is 0 Å². The average Bonchev–Trinajstić information content (AvgIpc) is 3.01. The molecule has 2 aromatic carbocycles. The van der Waals surface area contributed by atoms with Crippen molar-refractivity contribution in [3.05, 3.63) is 77.9 Å². The van der Waals surface area contributed by atoms with E-state index in [1.165, 1.54) is 7.11 Å². The number of rotatable bonds is 10. The van der Waals surface area contributed by atoms with Gasteiger partial charge in [0.15, 0.2) is 5.78 Å². The third kappa shape index (κ3) is 7.97. The molecule has 2 atom stereocenters. The summed E-state index contributed by atoms with van der Waals surface area (Å²) in [5.41, 5.74) is 5.32. The molecule has 11 nitrogen and oxygen atoms in total. The Morgan fingerprint density at radius 3 is 2.25 bits per heavy atom. The Balaban J connectivity index is 1.42. The monoisotopic (exact) mass is 606 g/mol. The third-order valence-electron chi connectivity index (χ3n) is 7.46. The number of allylic oxidation sites excluding steroid dienone is 2. The zero-order chi connectivity index (χ0) is 31.9. The van der Waals surface area contributed by atoms with Crippen molar-refractivity contribution in [1.29, 1.82) is 0 Å². The Hall–Kier alpha value is -4.35. The Labute approximate surface area is 258 Å². The van der Waals surface area contributed by atoms with Crippen molar-refractivity contribution in [3.8, 4) is 17.2 Å². The highest BCUT2D eigenvalue weighted by Gasteiger charge is 2.42. The molecule has 0 bridgehead atoms. The van der Waals surface area contributed by atoms with Gasteiger partial charge in [0.1, 0.15) is 35.0 Å². The molecule has 0 radical (unpaired) electrons. The lowest BCUT2D eigenvalue weighted by Crippen LogP contribution is -2.62. The van der Waals surface area contributed by atoms with Crippen molar-refractivity contribution >= 4 is 17.8 Å². The van der Waals surface area contributed by atoms with Crippen LogP contribution in [0.3, 0.4) is 0 Å². The Morgan fingerprint density at radius 2 is 1.61 bits per heavy atom. The Morgan fingerprint density at radius 1 is 0.955 bits per heavy atom. The molecule has 0 spiro atoms. The average molecular weight is 607 g/mol. The first-order valence-electron chi connectivity index (χ1n) is 14.6. The van der Waals surface area contributed by atoms with Crippen molar-refractivity contribution in [1.82, 2.24) is 15.1 Å². The van der Waals surface area contributed by atoms with Crippen LogP contribution in [0.15, 0.2) is 66.8 Å². The van der Waals surface area contributed by atoms with Crippen LogP contribution in [-0.2, 0) is 4.74 Å². The normalized spacial score (nSPS) is 20.1. The molecule has 1 aliphatic carbocycles. The van der Waals surface area contributed by atoms with E-state index in [0.29, 0.717) is 62.1 Å². The molecular formula is C33H42N4O7. The number of amides is 2. The highest BCUT2D eigenvalue weighted by molar-refractivity contribution is 6.08. The van der Waals surface area contributed by atoms with Crippen LogP contribution >= 0.6 is 0 Å². The summed E-state index contributed by atoms with van der Waals surface area (Å²) in [7, 11) is 3.09. The second-order valence-electron chi connectivity index (χ2n) is 11.7. The topological polar surface area (TPSA) is 133 Å². The molecule has 1 fully saturated rings. The lowest BCUT2D eigenvalue weighted by atomic mass is 9.80. The van der Waals surface area contributed by atoms with Gasteiger partial charge in [0.05, 0.1) is 25.8 Å². The van der Waals surface area contributed by atoms with E-state index in [9.17, 15) is 14.4 Å². The predicted molar refractivity (Wildman–Crippen MR) is 167 cm³/mol. The van der Waals surface area contributed by atoms with E-state index in [4.69, 9.17) is 24.7 Å². The predicted octanol–water partition coefficient (Wildman–Crippen LogP) is 3.44. The number of nitrogens with two attached hydrogens (primary N) is 1. The van der Waals surface area contributed by atoms with Gasteiger partial charge in [-0.25, -0.2) is 4.79 Å². The smallest absolute Gasteiger partial charge is 0.410 e. The number of nitrogens with zero attached hydrogens (tertiary/aromatic N) is 2. The molecule has 4 rings (SSSR count). The summed E-state index contributed by atoms with van der Waals surface area (Å²) >= 11 is 0. The van der Waals surface area contributed by atoms with Gasteiger partial charge in [0.25, 0.3) is 5.91 Å². The molecule has 1 aliphatic heterocycles. The van der Waals surface area contributed by atoms with Gasteiger partial charge in [0.2, 0.25) is 0 Å². The molecular weight excluding hydrogens is 564 g/mol. The zero-order valence-electron chi connectivity index (χ0n) is 26.0. The van der Waals surface area contributed by atoms with Gasteiger partial charge in [-0.15, -0.1) is 0 Å². The van der Waals surface area contributed by atoms with Gasteiger partial charge in [0, 0.05) is 44.4 Å². The number of carbonyl (C=O) groups excluding carboxylic acids is 3. The summed E-state index contributed by atoms with van der Waals surface area (Å²) in [6.07, 6.45) is 6.40. The molecule has 44 heavy (non-hydrogen) atoms. The summed E-state index contributed by atoms with van der Waals surface area (Å²) in [4.78, 5) is 43.4. The Bertz CT molecular complexity index is 1390. The minimum atomic E-state index is -1.57. The van der Waals surface area contributed by atoms with E-state index >= 15 is 0 Å². The lowest BCUT2D eigenvalue weighted by molar-refractivity contribution is 0.0137. The van der Waals surface area contributed by atoms with E-state index < -0.39 is 23.0 Å². The van der Waals surface area contributed by atoms with Crippen molar-refractivity contribution in [2.45, 2.75) is 38.0 Å². The number of hydrogen-bond acceptors (Lipinski definition) is 9. The maximum Gasteiger partial charge on any atom is 0.410 e. The number of ether oxygens (including phenoxy) is 4. The number of nitrogens with one attached hydrogen (secondary N) is 1. The first kappa shape index (κ1) is 32.6. The maximum absolute atomic E-state index is 14.1. The van der Waals surface area contributed by atoms with Crippen molar-refractivity contribution in [2.24, 2.45) is 5.73 Å². The number of ketones is 1. The fraction of sp³-hybridized carbons (Fsp3) is 0.424. The quantitative estimate of drug-likeness (QED) is 0.390. The molecule has 0 saturated carbocycles. The van der Waals surface area contributed by atoms with Gasteiger partial charge < -0.3 is 34.9 Å². The standard InChI is InChI=1S/C33H42N4O7/c1-32(2,3)44-31(40)37-18-16-36(17-19-37)20-21-43-27-22-25(42-5)13-14-26(27)29(38)33(34)15-7-6-8-28(33)35-30(39)23-9-11-24(41-4)12-10-23/h6-15,22,28H,16-21,34H2,1-5H3,(H,35,39). The van der Waals surface area contributed by atoms with Crippen LogP contribution in [0.4, 0.5) is 4.79 Å². The summed E-state index contributed by atoms with van der Waals surface area (Å²) in [5.74, 6) is 0.687. The minimum absolute atomic E-state index is 0.270. The molecule has 2 unspecified atom stereocenters. The minimum Gasteiger partial charge on any atom is -0.497 e. The molecule has 2 aromatic rings. The fourth-order valence-electron chi connectivity index (χ4n) is 4.94. The van der Waals surface area contributed by atoms with E-state index in [-0.39, 0.29) is 17.6 Å². The van der Waals surface area contributed by atoms with Crippen LogP contribution in [0.25, 0.3) is 0 Å². The van der Waals surface area contributed by atoms with Crippen LogP contribution < -0.4 is 25.3 Å². The van der Waals surface area contributed by atoms with Crippen LogP contribution in [-0.4, -0.2) is 98.3 Å². The molecule has 2 aliphatic rings. The first-order valence-corrected chi connectivity index (χ1v) is 14.6. The second kappa shape index (κ2) is 14.0. The van der Waals surface area contributed by atoms with Gasteiger partial charge >= 0.3 is 6.09 Å². The van der Waals surface area contributed by atoms with E-state index in [2.05, 4.69) is 10.2 Å². The molecule has 3 N–H and O–H groups in total. The molecule has 1 saturated heterocycles. The van der Waals surface area contributed by atoms with Gasteiger partial charge in [-0.1, -0.05) is 24.3 Å². The second-order valence-corrected chi connectivity index (χ2v) is 11.7. The largest absolute Gasteiger partial charge is 0.497 e. The van der Waals surface area contributed by atoms with Crippen LogP contribution in [0.2, 0.25) is 0 Å². The number of Topliss-reactive ketones (excluding diaryl/α,β-unsaturated/α-hetero) is 1. The van der Waals surface area contributed by atoms with E-state index in [1.54, 1.807) is 78.8 Å². The summed E-state index contributed by atoms with van der Waals surface area (Å²) < 4.78 is 22.2. The Kier molecular flexibility index (Phi) is 10.3. The third-order valence-corrected chi connectivity index (χ3v) is 7.46. The number of benzene rings is 2. The summed E-state index contributed by atoms with van der Waals surface area (Å²) in [5, 5.41) is 2.89. The van der Waals surface area contributed by atoms with Gasteiger partial charge in [-0.05, 0) is 57.2 Å². The molecule has 1 heterocycles. The molecule has 11 heteroatoms. The lowest BCUT2D eigenvalue weighted by Gasteiger charge is -2.35. The van der Waals surface area contributed by atoms with Crippen molar-refractivity contribution in [2.75, 3.05) is 53.6 Å². The van der Waals surface area contributed by atoms with Crippen LogP contribution in [0, 0.1) is 0 Å². The summed E-state index contributed by atoms with van der Waals surface area (Å²) in [6.45, 7) is 8.88. The van der Waals surface area contributed by atoms with Crippen LogP contribution in [0.5, 0.6) is 17.2 Å². The van der Waals surface area contributed by atoms with E-state index in [0.717, 1.165) is 0 Å². The van der Waals surface area contributed by atoms with Gasteiger partial charge in [-0.2, -0.15) is 0 Å². The van der Waals surface area contributed by atoms with Crippen LogP contribution in [0.1, 0.15) is 41.5 Å². The maximum atomic E-state index is 14.1. The molecule has 236 valence electrons. The number of piperazine rings is 1. The number of hydrogen-bond donors (Lipinski definition) is 2. The van der Waals surface area contributed by atoms with E-state index in [1.807, 2.05) is 20.8 Å². The highest BCUT2D eigenvalue weighted by Crippen LogP contribution is 2.31. The highest BCUT2D eigenvalue weighted by atomic mass is 16.6. The zero-order valence-corrected chi connectivity index (χ0v) is 26.0. The van der Waals surface area contributed by atoms with Crippen molar-refractivity contribution < 1.29 is 33.3 Å². The van der Waals surface area contributed by atoms with Gasteiger partial charge in [-0.3, -0.25) is 14.5 Å². The SMILES string of the molecule is COc1ccc(C(=O)NC2C=CC=CC2(N)C(=O)c2ccc(OC)cc2OCCN2CCN(C(=O)OC(C)(C)C)CC2)cc1. The molecule has 0 aromatic heterocycles. The molecule has 2 amide bonds. The number of methoxy groups -OCH3 is 2. The number of carbonyl (C=O) groups is 3. The fourth-order valence-corrected chi connectivity index (χ4v) is 4.94.